The van der Waals surface area contributed by atoms with Crippen LogP contribution in [0.1, 0.15) is 15.9 Å². The second-order valence-corrected chi connectivity index (χ2v) is 7.34. The average molecular weight is 519 g/mol. The van der Waals surface area contributed by atoms with Gasteiger partial charge in [-0.25, -0.2) is 9.18 Å². The second kappa shape index (κ2) is 10.1. The number of hydrazone groups is 1. The molecule has 0 aliphatic heterocycles. The Balaban J connectivity index is 1.52. The molecule has 0 aliphatic rings. The minimum atomic E-state index is -0.407. The number of benzene rings is 3. The van der Waals surface area contributed by atoms with Crippen LogP contribution in [-0.4, -0.2) is 17.3 Å². The molecular formula is C21H15FIN3O2S. The molecule has 0 aliphatic carbocycles. The summed E-state index contributed by atoms with van der Waals surface area (Å²) in [5.41, 5.74) is 4.64. The highest BCUT2D eigenvalue weighted by Gasteiger charge is 2.11. The zero-order chi connectivity index (χ0) is 20.6. The molecule has 3 aromatic rings. The lowest BCUT2D eigenvalue weighted by molar-refractivity contribution is 0.0733. The van der Waals surface area contributed by atoms with Gasteiger partial charge in [0, 0.05) is 9.26 Å². The van der Waals surface area contributed by atoms with Gasteiger partial charge in [-0.2, -0.15) is 5.10 Å². The maximum atomic E-state index is 12.9. The summed E-state index contributed by atoms with van der Waals surface area (Å²) in [6, 6.07) is 19.9. The van der Waals surface area contributed by atoms with Crippen molar-refractivity contribution in [1.29, 1.82) is 0 Å². The molecule has 3 aromatic carbocycles. The standard InChI is InChI=1S/C21H15FIN3O2S/c22-15-7-9-16(10-8-15)25-21(29)26-24-13-14-5-11-17(12-6-14)28-20(27)18-3-1-2-4-19(18)23/h1-13H,(H2,25,26,29)/b24-13+. The van der Waals surface area contributed by atoms with E-state index in [1.165, 1.54) is 12.1 Å². The molecule has 0 saturated carbocycles. The van der Waals surface area contributed by atoms with Gasteiger partial charge in [-0.3, -0.25) is 5.43 Å². The molecule has 0 aromatic heterocycles. The highest BCUT2D eigenvalue weighted by molar-refractivity contribution is 14.1. The number of hydrogen-bond donors (Lipinski definition) is 2. The lowest BCUT2D eigenvalue weighted by Crippen LogP contribution is -2.23. The molecule has 0 heterocycles. The topological polar surface area (TPSA) is 62.7 Å². The summed E-state index contributed by atoms with van der Waals surface area (Å²) in [5, 5.41) is 7.21. The number of rotatable bonds is 5. The molecule has 29 heavy (non-hydrogen) atoms. The molecule has 0 amide bonds. The monoisotopic (exact) mass is 519 g/mol. The van der Waals surface area contributed by atoms with Crippen LogP contribution in [0.4, 0.5) is 10.1 Å². The fourth-order valence-corrected chi connectivity index (χ4v) is 3.05. The van der Waals surface area contributed by atoms with E-state index < -0.39 is 5.97 Å². The molecule has 5 nitrogen and oxygen atoms in total. The Morgan fingerprint density at radius 1 is 1.03 bits per heavy atom. The molecular weight excluding hydrogens is 504 g/mol. The number of esters is 1. The lowest BCUT2D eigenvalue weighted by Gasteiger charge is -2.07. The summed E-state index contributed by atoms with van der Waals surface area (Å²) < 4.78 is 19.1. The first-order valence-corrected chi connectivity index (χ1v) is 9.92. The number of carbonyl (C=O) groups excluding carboxylic acids is 1. The third-order valence-electron chi connectivity index (χ3n) is 3.67. The van der Waals surface area contributed by atoms with E-state index in [0.29, 0.717) is 17.0 Å². The van der Waals surface area contributed by atoms with Gasteiger partial charge in [-0.15, -0.1) is 0 Å². The summed E-state index contributed by atoms with van der Waals surface area (Å²) in [5.74, 6) is -0.288. The number of nitrogens with zero attached hydrogens (tertiary/aromatic N) is 1. The highest BCUT2D eigenvalue weighted by atomic mass is 127. The Morgan fingerprint density at radius 2 is 1.72 bits per heavy atom. The Morgan fingerprint density at radius 3 is 2.41 bits per heavy atom. The minimum Gasteiger partial charge on any atom is -0.423 e. The molecule has 3 rings (SSSR count). The van der Waals surface area contributed by atoms with Gasteiger partial charge in [-0.1, -0.05) is 12.1 Å². The first-order chi connectivity index (χ1) is 14.0. The fraction of sp³-hybridized carbons (Fsp3) is 0. The van der Waals surface area contributed by atoms with Crippen LogP contribution in [0.15, 0.2) is 77.9 Å². The molecule has 0 fully saturated rings. The maximum Gasteiger partial charge on any atom is 0.344 e. The summed E-state index contributed by atoms with van der Waals surface area (Å²) in [7, 11) is 0. The van der Waals surface area contributed by atoms with Crippen LogP contribution in [-0.2, 0) is 0 Å². The van der Waals surface area contributed by atoms with Crippen molar-refractivity contribution >= 4 is 57.8 Å². The van der Waals surface area contributed by atoms with E-state index in [1.54, 1.807) is 54.7 Å². The number of anilines is 1. The maximum absolute atomic E-state index is 12.9. The van der Waals surface area contributed by atoms with Crippen LogP contribution in [0.25, 0.3) is 0 Å². The fourth-order valence-electron chi connectivity index (χ4n) is 2.27. The van der Waals surface area contributed by atoms with Crippen molar-refractivity contribution in [3.8, 4) is 5.75 Å². The first-order valence-electron chi connectivity index (χ1n) is 8.44. The number of nitrogens with one attached hydrogen (secondary N) is 2. The van der Waals surface area contributed by atoms with E-state index in [4.69, 9.17) is 17.0 Å². The quantitative estimate of drug-likeness (QED) is 0.125. The van der Waals surface area contributed by atoms with Gasteiger partial charge in [0.1, 0.15) is 11.6 Å². The third-order valence-corrected chi connectivity index (χ3v) is 4.80. The number of ether oxygens (including phenoxy) is 1. The third kappa shape index (κ3) is 6.33. The van der Waals surface area contributed by atoms with Crippen LogP contribution < -0.4 is 15.5 Å². The normalized spacial score (nSPS) is 10.6. The molecule has 8 heteroatoms. The highest BCUT2D eigenvalue weighted by Crippen LogP contribution is 2.17. The van der Waals surface area contributed by atoms with Crippen molar-refractivity contribution in [2.24, 2.45) is 5.10 Å². The summed E-state index contributed by atoms with van der Waals surface area (Å²) in [6.07, 6.45) is 1.57. The SMILES string of the molecule is O=C(Oc1ccc(/C=N/NC(=S)Nc2ccc(F)cc2)cc1)c1ccccc1I. The average Bonchev–Trinajstić information content (AvgIpc) is 2.71. The van der Waals surface area contributed by atoms with E-state index in [-0.39, 0.29) is 10.9 Å². The molecule has 0 radical (unpaired) electrons. The molecule has 0 saturated heterocycles. The molecule has 0 spiro atoms. The minimum absolute atomic E-state index is 0.274. The smallest absolute Gasteiger partial charge is 0.344 e. The van der Waals surface area contributed by atoms with Crippen LogP contribution in [0.3, 0.4) is 0 Å². The number of thiocarbonyl (C=S) groups is 1. The van der Waals surface area contributed by atoms with E-state index >= 15 is 0 Å². The van der Waals surface area contributed by atoms with Crippen molar-refractivity contribution in [3.63, 3.8) is 0 Å². The van der Waals surface area contributed by atoms with Crippen molar-refractivity contribution in [3.05, 3.63) is 93.3 Å². The Hall–Kier alpha value is -2.85. The molecule has 0 unspecified atom stereocenters. The van der Waals surface area contributed by atoms with Crippen molar-refractivity contribution in [1.82, 2.24) is 5.43 Å². The second-order valence-electron chi connectivity index (χ2n) is 5.77. The number of halogens is 2. The number of hydrogen-bond acceptors (Lipinski definition) is 4. The molecule has 146 valence electrons. The van der Waals surface area contributed by atoms with Crippen molar-refractivity contribution in [2.75, 3.05) is 5.32 Å². The van der Waals surface area contributed by atoms with Crippen molar-refractivity contribution in [2.45, 2.75) is 0 Å². The Kier molecular flexibility index (Phi) is 7.25. The predicted octanol–water partition coefficient (Wildman–Crippen LogP) is 4.97. The van der Waals surface area contributed by atoms with Crippen LogP contribution >= 0.6 is 34.8 Å². The van der Waals surface area contributed by atoms with Crippen LogP contribution in [0.5, 0.6) is 5.75 Å². The van der Waals surface area contributed by atoms with Crippen molar-refractivity contribution < 1.29 is 13.9 Å². The molecule has 0 atom stereocenters. The molecule has 0 bridgehead atoms. The summed E-state index contributed by atoms with van der Waals surface area (Å²) in [4.78, 5) is 12.2. The largest absolute Gasteiger partial charge is 0.423 e. The van der Waals surface area contributed by atoms with Crippen LogP contribution in [0.2, 0.25) is 0 Å². The predicted molar refractivity (Wildman–Crippen MR) is 124 cm³/mol. The summed E-state index contributed by atoms with van der Waals surface area (Å²) >= 11 is 7.22. The van der Waals surface area contributed by atoms with Gasteiger partial charge in [0.2, 0.25) is 0 Å². The van der Waals surface area contributed by atoms with Gasteiger partial charge < -0.3 is 10.1 Å². The van der Waals surface area contributed by atoms with E-state index in [2.05, 4.69) is 38.4 Å². The Bertz CT molecular complexity index is 1040. The Labute approximate surface area is 186 Å². The van der Waals surface area contributed by atoms with Gasteiger partial charge in [0.15, 0.2) is 5.11 Å². The van der Waals surface area contributed by atoms with Gasteiger partial charge in [0.05, 0.1) is 11.8 Å². The van der Waals surface area contributed by atoms with Gasteiger partial charge in [0.25, 0.3) is 0 Å². The van der Waals surface area contributed by atoms with E-state index in [9.17, 15) is 9.18 Å². The van der Waals surface area contributed by atoms with E-state index in [0.717, 1.165) is 9.13 Å². The van der Waals surface area contributed by atoms with E-state index in [1.807, 2.05) is 12.1 Å². The van der Waals surface area contributed by atoms with Crippen LogP contribution in [0, 0.1) is 9.39 Å². The zero-order valence-electron chi connectivity index (χ0n) is 14.9. The number of carbonyl (C=O) groups is 1. The van der Waals surface area contributed by atoms with Gasteiger partial charge >= 0.3 is 5.97 Å². The summed E-state index contributed by atoms with van der Waals surface area (Å²) in [6.45, 7) is 0. The zero-order valence-corrected chi connectivity index (χ0v) is 17.9. The van der Waals surface area contributed by atoms with Gasteiger partial charge in [-0.05, 0) is 101 Å². The molecule has 2 N–H and O–H groups in total. The first kappa shape index (κ1) is 20.9. The lowest BCUT2D eigenvalue weighted by atomic mass is 10.2.